The maximum Gasteiger partial charge on any atom is 0.330 e. The number of aryl methyl sites for hydroxylation is 2. The highest BCUT2D eigenvalue weighted by Gasteiger charge is 2.28. The van der Waals surface area contributed by atoms with Crippen molar-refractivity contribution in [3.8, 4) is 0 Å². The van der Waals surface area contributed by atoms with Gasteiger partial charge >= 0.3 is 5.69 Å². The van der Waals surface area contributed by atoms with E-state index >= 15 is 0 Å². The Bertz CT molecular complexity index is 1370. The van der Waals surface area contributed by atoms with Crippen molar-refractivity contribution in [3.05, 3.63) is 78.8 Å². The van der Waals surface area contributed by atoms with Crippen LogP contribution in [-0.2, 0) is 37.2 Å². The van der Waals surface area contributed by atoms with Gasteiger partial charge in [0, 0.05) is 50.2 Å². The average Bonchev–Trinajstić information content (AvgIpc) is 2.98. The van der Waals surface area contributed by atoms with E-state index in [1.165, 1.54) is 21.1 Å². The van der Waals surface area contributed by atoms with Crippen LogP contribution in [0.1, 0.15) is 22.5 Å². The summed E-state index contributed by atoms with van der Waals surface area (Å²) in [6.07, 6.45) is 1.05. The molecule has 0 radical (unpaired) electrons. The van der Waals surface area contributed by atoms with Crippen LogP contribution >= 0.6 is 11.6 Å². The third kappa shape index (κ3) is 4.23. The molecule has 0 N–H and O–H groups in total. The Kier molecular flexibility index (Phi) is 6.26. The molecular formula is C20H24ClN5O4S. The van der Waals surface area contributed by atoms with Gasteiger partial charge in [-0.2, -0.15) is 9.40 Å². The maximum atomic E-state index is 13.1. The van der Waals surface area contributed by atoms with E-state index in [0.29, 0.717) is 17.3 Å². The van der Waals surface area contributed by atoms with Crippen molar-refractivity contribution in [2.75, 3.05) is 7.05 Å². The molecule has 0 saturated heterocycles. The molecule has 0 unspecified atom stereocenters. The highest BCUT2D eigenvalue weighted by Crippen LogP contribution is 2.22. The molecule has 0 aliphatic heterocycles. The summed E-state index contributed by atoms with van der Waals surface area (Å²) in [5.41, 5.74) is 1.65. The van der Waals surface area contributed by atoms with Crippen molar-refractivity contribution in [1.29, 1.82) is 0 Å². The highest BCUT2D eigenvalue weighted by molar-refractivity contribution is 7.89. The number of benzene rings is 1. The molecule has 0 aliphatic carbocycles. The minimum absolute atomic E-state index is 0.0223. The Hall–Kier alpha value is -2.69. The SMILES string of the molecule is Cc1nn(Cc2ccccc2Cl)c(C)c1CN(C)S(=O)(=O)c1cn(C)c(=O)n(C)c1=O. The number of halogens is 1. The standard InChI is InChI=1S/C20H24ClN5O4S/c1-13-16(14(2)26(22-13)10-15-8-6-7-9-17(15)21)11-24(4)31(29,30)18-12-23(3)20(28)25(5)19(18)27/h6-9,12H,10-11H2,1-5H3. The van der Waals surface area contributed by atoms with E-state index in [1.807, 2.05) is 25.1 Å². The van der Waals surface area contributed by atoms with Crippen LogP contribution in [0, 0.1) is 13.8 Å². The summed E-state index contributed by atoms with van der Waals surface area (Å²) in [5, 5.41) is 5.16. The molecule has 166 valence electrons. The Morgan fingerprint density at radius 2 is 1.77 bits per heavy atom. The molecule has 0 atom stereocenters. The number of hydrogen-bond acceptors (Lipinski definition) is 5. The van der Waals surface area contributed by atoms with Crippen LogP contribution in [0.2, 0.25) is 5.02 Å². The topological polar surface area (TPSA) is 99.2 Å². The molecule has 2 aromatic heterocycles. The van der Waals surface area contributed by atoms with E-state index in [0.717, 1.165) is 36.5 Å². The van der Waals surface area contributed by atoms with Crippen LogP contribution in [0.15, 0.2) is 44.9 Å². The molecule has 31 heavy (non-hydrogen) atoms. The molecule has 3 aromatic rings. The fourth-order valence-corrected chi connectivity index (χ4v) is 4.81. The Morgan fingerprint density at radius 3 is 2.42 bits per heavy atom. The minimum atomic E-state index is -4.14. The first kappa shape index (κ1) is 23.0. The zero-order chi connectivity index (χ0) is 23.1. The van der Waals surface area contributed by atoms with E-state index < -0.39 is 26.2 Å². The summed E-state index contributed by atoms with van der Waals surface area (Å²) in [6.45, 7) is 4.13. The van der Waals surface area contributed by atoms with Gasteiger partial charge in [0.25, 0.3) is 5.56 Å². The second-order valence-corrected chi connectivity index (χ2v) is 9.83. The molecule has 0 fully saturated rings. The first-order chi connectivity index (χ1) is 14.4. The first-order valence-electron chi connectivity index (χ1n) is 9.44. The Balaban J connectivity index is 1.95. The summed E-state index contributed by atoms with van der Waals surface area (Å²) in [6, 6.07) is 7.45. The van der Waals surface area contributed by atoms with Crippen molar-refractivity contribution in [2.45, 2.75) is 31.8 Å². The molecule has 0 bridgehead atoms. The van der Waals surface area contributed by atoms with Crippen molar-refractivity contribution < 1.29 is 8.42 Å². The molecule has 0 aliphatic rings. The predicted octanol–water partition coefficient (Wildman–Crippen LogP) is 1.42. The number of aromatic nitrogens is 4. The lowest BCUT2D eigenvalue weighted by Gasteiger charge is -2.18. The monoisotopic (exact) mass is 465 g/mol. The van der Waals surface area contributed by atoms with Crippen molar-refractivity contribution in [2.24, 2.45) is 14.1 Å². The highest BCUT2D eigenvalue weighted by atomic mass is 35.5. The molecule has 2 heterocycles. The lowest BCUT2D eigenvalue weighted by Crippen LogP contribution is -2.41. The third-order valence-electron chi connectivity index (χ3n) is 5.29. The molecule has 3 rings (SSSR count). The second-order valence-electron chi connectivity index (χ2n) is 7.41. The minimum Gasteiger partial charge on any atom is -0.302 e. The van der Waals surface area contributed by atoms with Gasteiger partial charge < -0.3 is 4.57 Å². The largest absolute Gasteiger partial charge is 0.330 e. The zero-order valence-electron chi connectivity index (χ0n) is 18.0. The quantitative estimate of drug-likeness (QED) is 0.548. The fourth-order valence-electron chi connectivity index (χ4n) is 3.33. The van der Waals surface area contributed by atoms with Crippen LogP contribution in [-0.4, -0.2) is 38.7 Å². The van der Waals surface area contributed by atoms with E-state index in [9.17, 15) is 18.0 Å². The molecular weight excluding hydrogens is 442 g/mol. The number of nitrogens with zero attached hydrogens (tertiary/aromatic N) is 5. The fraction of sp³-hybridized carbons (Fsp3) is 0.350. The lowest BCUT2D eigenvalue weighted by atomic mass is 10.2. The Morgan fingerprint density at radius 1 is 1.13 bits per heavy atom. The van der Waals surface area contributed by atoms with Crippen molar-refractivity contribution in [1.82, 2.24) is 23.2 Å². The summed E-state index contributed by atoms with van der Waals surface area (Å²) < 4.78 is 30.9. The van der Waals surface area contributed by atoms with Crippen LogP contribution in [0.3, 0.4) is 0 Å². The van der Waals surface area contributed by atoms with Gasteiger partial charge in [0.15, 0.2) is 4.90 Å². The molecule has 0 saturated carbocycles. The van der Waals surface area contributed by atoms with Gasteiger partial charge in [0.1, 0.15) is 0 Å². The van der Waals surface area contributed by atoms with Gasteiger partial charge in [-0.15, -0.1) is 0 Å². The van der Waals surface area contributed by atoms with Gasteiger partial charge in [-0.25, -0.2) is 13.2 Å². The van der Waals surface area contributed by atoms with Gasteiger partial charge in [-0.05, 0) is 25.5 Å². The van der Waals surface area contributed by atoms with Crippen LogP contribution < -0.4 is 11.2 Å². The van der Waals surface area contributed by atoms with Gasteiger partial charge in [0.2, 0.25) is 10.0 Å². The van der Waals surface area contributed by atoms with E-state index in [4.69, 9.17) is 11.6 Å². The summed E-state index contributed by atoms with van der Waals surface area (Å²) >= 11 is 6.25. The summed E-state index contributed by atoms with van der Waals surface area (Å²) in [4.78, 5) is 23.9. The Labute approximate surface area is 185 Å². The predicted molar refractivity (Wildman–Crippen MR) is 118 cm³/mol. The van der Waals surface area contributed by atoms with Crippen LogP contribution in [0.5, 0.6) is 0 Å². The molecule has 0 amide bonds. The molecule has 9 nitrogen and oxygen atoms in total. The summed E-state index contributed by atoms with van der Waals surface area (Å²) in [7, 11) is -0.101. The van der Waals surface area contributed by atoms with E-state index in [1.54, 1.807) is 17.7 Å². The number of sulfonamides is 1. The summed E-state index contributed by atoms with van der Waals surface area (Å²) in [5.74, 6) is 0. The number of rotatable bonds is 6. The average molecular weight is 466 g/mol. The van der Waals surface area contributed by atoms with Crippen LogP contribution in [0.25, 0.3) is 0 Å². The second kappa shape index (κ2) is 8.45. The van der Waals surface area contributed by atoms with E-state index in [2.05, 4.69) is 5.10 Å². The van der Waals surface area contributed by atoms with Gasteiger partial charge in [-0.3, -0.25) is 14.0 Å². The van der Waals surface area contributed by atoms with Gasteiger partial charge in [0.05, 0.1) is 12.2 Å². The normalized spacial score (nSPS) is 12.0. The van der Waals surface area contributed by atoms with Gasteiger partial charge in [-0.1, -0.05) is 29.8 Å². The zero-order valence-corrected chi connectivity index (χ0v) is 19.5. The van der Waals surface area contributed by atoms with Crippen molar-refractivity contribution >= 4 is 21.6 Å². The number of hydrogen-bond donors (Lipinski definition) is 0. The lowest BCUT2D eigenvalue weighted by molar-refractivity contribution is 0.461. The van der Waals surface area contributed by atoms with Crippen molar-refractivity contribution in [3.63, 3.8) is 0 Å². The molecule has 0 spiro atoms. The first-order valence-corrected chi connectivity index (χ1v) is 11.3. The molecule has 11 heteroatoms. The smallest absolute Gasteiger partial charge is 0.302 e. The van der Waals surface area contributed by atoms with E-state index in [-0.39, 0.29) is 6.54 Å². The third-order valence-corrected chi connectivity index (χ3v) is 7.45. The molecule has 1 aromatic carbocycles. The maximum absolute atomic E-state index is 13.1. The van der Waals surface area contributed by atoms with Crippen LogP contribution in [0.4, 0.5) is 0 Å².